The average Bonchev–Trinajstić information content (AvgIpc) is 3.48. The molecule has 178 valence electrons. The minimum atomic E-state index is -0.895. The van der Waals surface area contributed by atoms with Crippen LogP contribution in [0.25, 0.3) is 22.3 Å². The number of amides is 1. The molecule has 3 fully saturated rings. The van der Waals surface area contributed by atoms with Gasteiger partial charge in [0, 0.05) is 62.2 Å². The number of H-pyrrole nitrogens is 1. The molecule has 3 saturated heterocycles. The molecule has 6 rings (SSSR count). The van der Waals surface area contributed by atoms with E-state index in [0.717, 1.165) is 46.6 Å². The Hall–Kier alpha value is -3.14. The lowest BCUT2D eigenvalue weighted by Crippen LogP contribution is -2.51. The molecular formula is C25H28N4O5. The second kappa shape index (κ2) is 8.57. The van der Waals surface area contributed by atoms with E-state index in [9.17, 15) is 9.90 Å². The number of rotatable bonds is 4. The number of aliphatic hydroxyl groups is 1. The third-order valence-electron chi connectivity index (χ3n) is 7.00. The molecule has 2 N–H and O–H groups in total. The first-order valence-corrected chi connectivity index (χ1v) is 11.8. The van der Waals surface area contributed by atoms with Gasteiger partial charge < -0.3 is 34.1 Å². The highest BCUT2D eigenvalue weighted by Crippen LogP contribution is 2.34. The monoisotopic (exact) mass is 464 g/mol. The molecule has 0 bridgehead atoms. The van der Waals surface area contributed by atoms with E-state index >= 15 is 0 Å². The Kier molecular flexibility index (Phi) is 5.40. The van der Waals surface area contributed by atoms with E-state index in [1.54, 1.807) is 4.90 Å². The standard InChI is InChI=1S/C25H28N4O5/c30-24(34-19-14-33-15-19)29-10-8-28(9-11-29)22-5-7-26-23-20(22)13-21(27-23)17-1-3-18(4-2-17)25(31)6-12-32-16-25/h1-5,7,13,19,31H,6,8-12,14-16H2,(H,26,27)/t25-/m0/s1. The Labute approximate surface area is 197 Å². The maximum atomic E-state index is 12.3. The first kappa shape index (κ1) is 21.4. The van der Waals surface area contributed by atoms with Crippen LogP contribution < -0.4 is 4.90 Å². The van der Waals surface area contributed by atoms with Crippen LogP contribution in [0.4, 0.5) is 10.5 Å². The summed E-state index contributed by atoms with van der Waals surface area (Å²) in [5.41, 5.74) is 3.91. The number of nitrogens with one attached hydrogen (secondary N) is 1. The number of aromatic amines is 1. The second-order valence-corrected chi connectivity index (χ2v) is 9.20. The maximum absolute atomic E-state index is 12.3. The molecule has 3 aliphatic heterocycles. The minimum Gasteiger partial charge on any atom is -0.441 e. The quantitative estimate of drug-likeness (QED) is 0.612. The molecule has 3 aromatic rings. The minimum absolute atomic E-state index is 0.105. The van der Waals surface area contributed by atoms with Gasteiger partial charge in [0.1, 0.15) is 11.2 Å². The van der Waals surface area contributed by atoms with Crippen LogP contribution in [0.5, 0.6) is 0 Å². The second-order valence-electron chi connectivity index (χ2n) is 9.20. The third-order valence-corrected chi connectivity index (χ3v) is 7.00. The predicted octanol–water partition coefficient (Wildman–Crippen LogP) is 2.50. The molecule has 2 aromatic heterocycles. The van der Waals surface area contributed by atoms with Crippen LogP contribution in [-0.2, 0) is 19.8 Å². The summed E-state index contributed by atoms with van der Waals surface area (Å²) >= 11 is 0. The first-order chi connectivity index (χ1) is 16.6. The smallest absolute Gasteiger partial charge is 0.410 e. The molecule has 9 heteroatoms. The number of nitrogens with zero attached hydrogens (tertiary/aromatic N) is 3. The fourth-order valence-corrected chi connectivity index (χ4v) is 4.82. The van der Waals surface area contributed by atoms with Gasteiger partial charge in [0.2, 0.25) is 0 Å². The summed E-state index contributed by atoms with van der Waals surface area (Å²) in [4.78, 5) is 24.4. The number of anilines is 1. The van der Waals surface area contributed by atoms with Gasteiger partial charge in [-0.2, -0.15) is 0 Å². The van der Waals surface area contributed by atoms with Gasteiger partial charge in [-0.3, -0.25) is 0 Å². The molecule has 0 saturated carbocycles. The molecular weight excluding hydrogens is 436 g/mol. The summed E-state index contributed by atoms with van der Waals surface area (Å²) in [6.45, 7) is 4.59. The Bertz CT molecular complexity index is 1180. The molecule has 34 heavy (non-hydrogen) atoms. The van der Waals surface area contributed by atoms with Crippen molar-refractivity contribution in [1.82, 2.24) is 14.9 Å². The van der Waals surface area contributed by atoms with Gasteiger partial charge >= 0.3 is 6.09 Å². The van der Waals surface area contributed by atoms with Gasteiger partial charge in [0.25, 0.3) is 0 Å². The van der Waals surface area contributed by atoms with Crippen molar-refractivity contribution in [2.45, 2.75) is 18.1 Å². The summed E-state index contributed by atoms with van der Waals surface area (Å²) in [5.74, 6) is 0. The summed E-state index contributed by atoms with van der Waals surface area (Å²) < 4.78 is 15.9. The number of ether oxygens (including phenoxy) is 3. The number of pyridine rings is 1. The highest BCUT2D eigenvalue weighted by molar-refractivity contribution is 5.94. The van der Waals surface area contributed by atoms with Crippen molar-refractivity contribution in [3.8, 4) is 11.3 Å². The molecule has 3 aliphatic rings. The zero-order valence-corrected chi connectivity index (χ0v) is 18.9. The molecule has 1 aromatic carbocycles. The first-order valence-electron chi connectivity index (χ1n) is 11.8. The largest absolute Gasteiger partial charge is 0.441 e. The summed E-state index contributed by atoms with van der Waals surface area (Å²) in [7, 11) is 0. The van der Waals surface area contributed by atoms with Crippen LogP contribution in [0.1, 0.15) is 12.0 Å². The third kappa shape index (κ3) is 3.89. The molecule has 1 amide bonds. The fraction of sp³-hybridized carbons (Fsp3) is 0.440. The summed E-state index contributed by atoms with van der Waals surface area (Å²) in [5, 5.41) is 11.8. The average molecular weight is 465 g/mol. The van der Waals surface area contributed by atoms with Gasteiger partial charge in [-0.15, -0.1) is 0 Å². The summed E-state index contributed by atoms with van der Waals surface area (Å²) in [6.07, 6.45) is 2.07. The number of aromatic nitrogens is 2. The van der Waals surface area contributed by atoms with Crippen LogP contribution in [-0.4, -0.2) is 84.8 Å². The van der Waals surface area contributed by atoms with Crippen molar-refractivity contribution >= 4 is 22.8 Å². The molecule has 1 atom stereocenters. The molecule has 0 aliphatic carbocycles. The molecule has 0 unspecified atom stereocenters. The number of fused-ring (bicyclic) bond motifs is 1. The van der Waals surface area contributed by atoms with E-state index in [4.69, 9.17) is 14.2 Å². The maximum Gasteiger partial charge on any atom is 0.410 e. The van der Waals surface area contributed by atoms with Crippen molar-refractivity contribution in [2.24, 2.45) is 0 Å². The molecule has 9 nitrogen and oxygen atoms in total. The Morgan fingerprint density at radius 1 is 1.12 bits per heavy atom. The summed E-state index contributed by atoms with van der Waals surface area (Å²) in [6, 6.07) is 12.1. The number of carbonyl (C=O) groups excluding carboxylic acids is 1. The zero-order chi connectivity index (χ0) is 23.1. The number of benzene rings is 1. The van der Waals surface area contributed by atoms with E-state index in [1.165, 1.54) is 0 Å². The zero-order valence-electron chi connectivity index (χ0n) is 18.9. The Morgan fingerprint density at radius 2 is 1.91 bits per heavy atom. The Morgan fingerprint density at radius 3 is 2.59 bits per heavy atom. The van der Waals surface area contributed by atoms with Crippen LogP contribution in [0, 0.1) is 0 Å². The highest BCUT2D eigenvalue weighted by Gasteiger charge is 2.34. The van der Waals surface area contributed by atoms with Gasteiger partial charge in [-0.1, -0.05) is 24.3 Å². The molecule has 0 spiro atoms. The topological polar surface area (TPSA) is 100 Å². The van der Waals surface area contributed by atoms with Crippen molar-refractivity contribution < 1.29 is 24.1 Å². The van der Waals surface area contributed by atoms with Gasteiger partial charge in [-0.05, 0) is 23.3 Å². The van der Waals surface area contributed by atoms with Gasteiger partial charge in [0.05, 0.1) is 19.8 Å². The molecule has 0 radical (unpaired) electrons. The fourth-order valence-electron chi connectivity index (χ4n) is 4.82. The van der Waals surface area contributed by atoms with E-state index in [2.05, 4.69) is 20.9 Å². The van der Waals surface area contributed by atoms with E-state index in [-0.39, 0.29) is 12.2 Å². The highest BCUT2D eigenvalue weighted by atomic mass is 16.6. The van der Waals surface area contributed by atoms with Crippen LogP contribution in [0.3, 0.4) is 0 Å². The SMILES string of the molecule is O=C(OC1COC1)N1CCN(c2ccnc3[nH]c(-c4ccc([C@]5(O)CCOC5)cc4)cc23)CC1. The number of piperazine rings is 1. The lowest BCUT2D eigenvalue weighted by atomic mass is 9.92. The van der Waals surface area contributed by atoms with Crippen molar-refractivity contribution in [1.29, 1.82) is 0 Å². The van der Waals surface area contributed by atoms with Crippen molar-refractivity contribution in [2.75, 3.05) is 57.5 Å². The van der Waals surface area contributed by atoms with E-state index < -0.39 is 5.60 Å². The van der Waals surface area contributed by atoms with Crippen molar-refractivity contribution in [3.05, 3.63) is 48.2 Å². The van der Waals surface area contributed by atoms with Crippen molar-refractivity contribution in [3.63, 3.8) is 0 Å². The number of carbonyl (C=O) groups is 1. The van der Waals surface area contributed by atoms with E-state index in [1.807, 2.05) is 36.5 Å². The number of hydrogen-bond acceptors (Lipinski definition) is 7. The van der Waals surface area contributed by atoms with Gasteiger partial charge in [-0.25, -0.2) is 9.78 Å². The number of hydrogen-bond donors (Lipinski definition) is 2. The van der Waals surface area contributed by atoms with Gasteiger partial charge in [0.15, 0.2) is 6.10 Å². The normalized spacial score (nSPS) is 23.3. The van der Waals surface area contributed by atoms with Crippen LogP contribution in [0.2, 0.25) is 0 Å². The van der Waals surface area contributed by atoms with E-state index in [0.29, 0.717) is 45.9 Å². The predicted molar refractivity (Wildman–Crippen MR) is 126 cm³/mol. The van der Waals surface area contributed by atoms with Crippen LogP contribution >= 0.6 is 0 Å². The lowest BCUT2D eigenvalue weighted by molar-refractivity contribution is -0.104. The molecule has 5 heterocycles. The van der Waals surface area contributed by atoms with Crippen LogP contribution in [0.15, 0.2) is 42.6 Å². The Balaban J connectivity index is 1.18. The lowest BCUT2D eigenvalue weighted by Gasteiger charge is -2.37.